The molecule has 1 amide bonds. The Hall–Kier alpha value is -1.69. The fraction of sp³-hybridized carbons (Fsp3) is 0.250. The van der Waals surface area contributed by atoms with Crippen molar-refractivity contribution in [3.8, 4) is 0 Å². The van der Waals surface area contributed by atoms with Crippen LogP contribution in [0.25, 0.3) is 0 Å². The van der Waals surface area contributed by atoms with Crippen LogP contribution >= 0.6 is 15.9 Å². The minimum atomic E-state index is -1.60. The van der Waals surface area contributed by atoms with Gasteiger partial charge >= 0.3 is 5.97 Å². The second-order valence-electron chi connectivity index (χ2n) is 3.97. The molecule has 0 spiro atoms. The summed E-state index contributed by atoms with van der Waals surface area (Å²) < 4.78 is 0.711. The smallest absolute Gasteiger partial charge is 0.329 e. The van der Waals surface area contributed by atoms with E-state index in [0.29, 0.717) is 16.3 Å². The highest BCUT2D eigenvalue weighted by molar-refractivity contribution is 9.10. The Bertz CT molecular complexity index is 489. The molecule has 0 bridgehead atoms. The molecule has 96 valence electrons. The summed E-state index contributed by atoms with van der Waals surface area (Å²) in [7, 11) is 0. The molecule has 1 atom stereocenters. The molecule has 0 heterocycles. The zero-order valence-corrected chi connectivity index (χ0v) is 11.2. The SMILES string of the molecule is CC(CC=O)(NC(=O)c1cccc(Br)c1)C(=O)O. The Labute approximate surface area is 112 Å². The van der Waals surface area contributed by atoms with E-state index in [1.54, 1.807) is 24.3 Å². The molecule has 1 aromatic carbocycles. The number of rotatable bonds is 5. The van der Waals surface area contributed by atoms with Crippen LogP contribution in [0, 0.1) is 0 Å². The summed E-state index contributed by atoms with van der Waals surface area (Å²) >= 11 is 3.22. The van der Waals surface area contributed by atoms with Crippen LogP contribution in [0.3, 0.4) is 0 Å². The van der Waals surface area contributed by atoms with E-state index in [1.165, 1.54) is 6.92 Å². The minimum Gasteiger partial charge on any atom is -0.480 e. The Morgan fingerprint density at radius 3 is 2.67 bits per heavy atom. The van der Waals surface area contributed by atoms with E-state index in [9.17, 15) is 14.4 Å². The third kappa shape index (κ3) is 3.40. The molecular formula is C12H12BrNO4. The normalized spacial score (nSPS) is 13.4. The van der Waals surface area contributed by atoms with E-state index in [4.69, 9.17) is 5.11 Å². The summed E-state index contributed by atoms with van der Waals surface area (Å²) in [6, 6.07) is 6.54. The van der Waals surface area contributed by atoms with Gasteiger partial charge in [-0.15, -0.1) is 0 Å². The molecule has 0 aliphatic heterocycles. The first-order valence-corrected chi connectivity index (χ1v) is 5.93. The van der Waals surface area contributed by atoms with Gasteiger partial charge in [0.2, 0.25) is 0 Å². The van der Waals surface area contributed by atoms with Crippen molar-refractivity contribution in [1.82, 2.24) is 5.32 Å². The number of nitrogens with one attached hydrogen (secondary N) is 1. The summed E-state index contributed by atoms with van der Waals surface area (Å²) in [5, 5.41) is 11.4. The lowest BCUT2D eigenvalue weighted by Crippen LogP contribution is -2.52. The van der Waals surface area contributed by atoms with Gasteiger partial charge in [0.25, 0.3) is 5.91 Å². The molecule has 0 saturated carbocycles. The minimum absolute atomic E-state index is 0.290. The van der Waals surface area contributed by atoms with Crippen molar-refractivity contribution in [2.24, 2.45) is 0 Å². The third-order valence-corrected chi connectivity index (χ3v) is 2.93. The molecule has 5 nitrogen and oxygen atoms in total. The number of amides is 1. The van der Waals surface area contributed by atoms with Crippen LogP contribution in [-0.4, -0.2) is 28.8 Å². The second-order valence-corrected chi connectivity index (χ2v) is 4.89. The fourth-order valence-corrected chi connectivity index (χ4v) is 1.71. The second kappa shape index (κ2) is 5.77. The summed E-state index contributed by atoms with van der Waals surface area (Å²) in [4.78, 5) is 33.4. The van der Waals surface area contributed by atoms with Crippen molar-refractivity contribution >= 4 is 34.1 Å². The first kappa shape index (κ1) is 14.4. The van der Waals surface area contributed by atoms with Gasteiger partial charge in [-0.2, -0.15) is 0 Å². The molecule has 2 N–H and O–H groups in total. The molecule has 0 aromatic heterocycles. The number of carbonyl (C=O) groups is 3. The van der Waals surface area contributed by atoms with Crippen LogP contribution < -0.4 is 5.32 Å². The van der Waals surface area contributed by atoms with E-state index in [-0.39, 0.29) is 6.42 Å². The van der Waals surface area contributed by atoms with Gasteiger partial charge in [-0.25, -0.2) is 4.79 Å². The molecule has 0 aliphatic carbocycles. The van der Waals surface area contributed by atoms with Gasteiger partial charge in [-0.3, -0.25) is 4.79 Å². The number of aliphatic carboxylic acids is 1. The summed E-state index contributed by atoms with van der Waals surface area (Å²) in [6.45, 7) is 1.29. The zero-order chi connectivity index (χ0) is 13.8. The highest BCUT2D eigenvalue weighted by Gasteiger charge is 2.34. The van der Waals surface area contributed by atoms with Crippen LogP contribution in [0.1, 0.15) is 23.7 Å². The largest absolute Gasteiger partial charge is 0.480 e. The zero-order valence-electron chi connectivity index (χ0n) is 9.64. The number of carboxylic acids is 1. The van der Waals surface area contributed by atoms with Crippen LogP contribution in [0.2, 0.25) is 0 Å². The topological polar surface area (TPSA) is 83.5 Å². The van der Waals surface area contributed by atoms with Crippen molar-refractivity contribution in [1.29, 1.82) is 0 Å². The van der Waals surface area contributed by atoms with Crippen LogP contribution in [0.15, 0.2) is 28.7 Å². The van der Waals surface area contributed by atoms with E-state index >= 15 is 0 Å². The van der Waals surface area contributed by atoms with E-state index < -0.39 is 17.4 Å². The molecule has 18 heavy (non-hydrogen) atoms. The van der Waals surface area contributed by atoms with Crippen LogP contribution in [0.5, 0.6) is 0 Å². The molecule has 1 aromatic rings. The number of benzene rings is 1. The van der Waals surface area contributed by atoms with Crippen molar-refractivity contribution in [2.75, 3.05) is 0 Å². The molecule has 1 unspecified atom stereocenters. The van der Waals surface area contributed by atoms with Crippen molar-refractivity contribution < 1.29 is 19.5 Å². The van der Waals surface area contributed by atoms with Crippen molar-refractivity contribution in [2.45, 2.75) is 18.9 Å². The molecule has 6 heteroatoms. The lowest BCUT2D eigenvalue weighted by atomic mass is 9.98. The predicted molar refractivity (Wildman–Crippen MR) is 68.3 cm³/mol. The monoisotopic (exact) mass is 313 g/mol. The van der Waals surface area contributed by atoms with Gasteiger partial charge in [-0.1, -0.05) is 22.0 Å². The maximum atomic E-state index is 11.9. The van der Waals surface area contributed by atoms with E-state index in [0.717, 1.165) is 0 Å². The first-order valence-electron chi connectivity index (χ1n) is 5.14. The molecule has 0 aliphatic rings. The van der Waals surface area contributed by atoms with Gasteiger partial charge in [-0.05, 0) is 25.1 Å². The standard InChI is InChI=1S/C12H12BrNO4/c1-12(5-6-15,11(17)18)14-10(16)8-3-2-4-9(13)7-8/h2-4,6-7H,5H2,1H3,(H,14,16)(H,17,18). The fourth-order valence-electron chi connectivity index (χ4n) is 1.31. The number of hydrogen-bond acceptors (Lipinski definition) is 3. The predicted octanol–water partition coefficient (Wildman–Crippen LogP) is 1.61. The number of aldehydes is 1. The maximum absolute atomic E-state index is 11.9. The number of carboxylic acid groups (broad SMARTS) is 1. The Morgan fingerprint density at radius 2 is 2.17 bits per heavy atom. The molecule has 1 rings (SSSR count). The van der Waals surface area contributed by atoms with E-state index in [1.807, 2.05) is 0 Å². The average molecular weight is 314 g/mol. The van der Waals surface area contributed by atoms with E-state index in [2.05, 4.69) is 21.2 Å². The quantitative estimate of drug-likeness (QED) is 0.809. The number of halogens is 1. The van der Waals surface area contributed by atoms with Crippen molar-refractivity contribution in [3.05, 3.63) is 34.3 Å². The maximum Gasteiger partial charge on any atom is 0.329 e. The van der Waals surface area contributed by atoms with Crippen LogP contribution in [0.4, 0.5) is 0 Å². The van der Waals surface area contributed by atoms with Gasteiger partial charge in [0.1, 0.15) is 11.8 Å². The first-order chi connectivity index (χ1) is 8.39. The number of carbonyl (C=O) groups excluding carboxylic acids is 2. The Balaban J connectivity index is 2.92. The summed E-state index contributed by atoms with van der Waals surface area (Å²) in [6.07, 6.45) is 0.178. The van der Waals surface area contributed by atoms with Gasteiger partial charge in [0, 0.05) is 16.5 Å². The van der Waals surface area contributed by atoms with Gasteiger partial charge in [0.15, 0.2) is 0 Å². The van der Waals surface area contributed by atoms with Gasteiger partial charge in [0.05, 0.1) is 0 Å². The average Bonchev–Trinajstić information content (AvgIpc) is 2.29. The molecule has 0 saturated heterocycles. The van der Waals surface area contributed by atoms with Crippen LogP contribution in [-0.2, 0) is 9.59 Å². The lowest BCUT2D eigenvalue weighted by Gasteiger charge is -2.23. The van der Waals surface area contributed by atoms with Crippen molar-refractivity contribution in [3.63, 3.8) is 0 Å². The molecule has 0 fully saturated rings. The lowest BCUT2D eigenvalue weighted by molar-refractivity contribution is -0.144. The number of hydrogen-bond donors (Lipinski definition) is 2. The molecular weight excluding hydrogens is 302 g/mol. The molecule has 0 radical (unpaired) electrons. The Morgan fingerprint density at radius 1 is 1.50 bits per heavy atom. The summed E-state index contributed by atoms with van der Waals surface area (Å²) in [5.74, 6) is -1.79. The Kier molecular flexibility index (Phi) is 4.61. The van der Waals surface area contributed by atoms with Gasteiger partial charge < -0.3 is 15.2 Å². The third-order valence-electron chi connectivity index (χ3n) is 2.44. The highest BCUT2D eigenvalue weighted by Crippen LogP contribution is 2.14. The summed E-state index contributed by atoms with van der Waals surface area (Å²) in [5.41, 5.74) is -1.27. The highest BCUT2D eigenvalue weighted by atomic mass is 79.9.